The molecule has 1 N–H and O–H groups in total. The molecule has 3 aromatic rings. The van der Waals surface area contributed by atoms with Crippen LogP contribution in [0.1, 0.15) is 21.7 Å². The van der Waals surface area contributed by atoms with Gasteiger partial charge in [-0.05, 0) is 25.1 Å². The predicted molar refractivity (Wildman–Crippen MR) is 118 cm³/mol. The zero-order valence-corrected chi connectivity index (χ0v) is 18.4. The first-order valence-corrected chi connectivity index (χ1v) is 9.96. The van der Waals surface area contributed by atoms with Crippen LogP contribution in [-0.4, -0.2) is 45.0 Å². The molecule has 3 rings (SSSR count). The van der Waals surface area contributed by atoms with Crippen molar-refractivity contribution in [2.24, 2.45) is 0 Å². The van der Waals surface area contributed by atoms with Crippen molar-refractivity contribution in [1.29, 1.82) is 0 Å². The number of hydrogen-bond donors (Lipinski definition) is 1. The summed E-state index contributed by atoms with van der Waals surface area (Å²) in [6.45, 7) is 0.778. The number of rotatable bonds is 6. The van der Waals surface area contributed by atoms with E-state index in [1.165, 1.54) is 43.3 Å². The van der Waals surface area contributed by atoms with Crippen LogP contribution in [0.25, 0.3) is 5.69 Å². The molecule has 1 aromatic heterocycles. The van der Waals surface area contributed by atoms with Gasteiger partial charge >= 0.3 is 6.18 Å². The van der Waals surface area contributed by atoms with Gasteiger partial charge in [0.1, 0.15) is 5.69 Å². The van der Waals surface area contributed by atoms with Crippen LogP contribution >= 0.6 is 0 Å². The summed E-state index contributed by atoms with van der Waals surface area (Å²) >= 11 is 0. The largest absolute Gasteiger partial charge is 0.418 e. The second-order valence-electron chi connectivity index (χ2n) is 7.41. The number of hydrogen-bond acceptors (Lipinski definition) is 6. The highest BCUT2D eigenvalue weighted by molar-refractivity contribution is 5.98. The Bertz CT molecular complexity index is 1370. The van der Waals surface area contributed by atoms with E-state index in [1.807, 2.05) is 0 Å². The first-order chi connectivity index (χ1) is 16.4. The van der Waals surface area contributed by atoms with Crippen LogP contribution in [0, 0.1) is 17.0 Å². The van der Waals surface area contributed by atoms with Crippen LogP contribution in [0.3, 0.4) is 0 Å². The van der Waals surface area contributed by atoms with Crippen molar-refractivity contribution < 1.29 is 27.7 Å². The van der Waals surface area contributed by atoms with Gasteiger partial charge in [-0.1, -0.05) is 24.3 Å². The number of aryl methyl sites for hydroxylation is 1. The van der Waals surface area contributed by atoms with Crippen molar-refractivity contribution in [3.05, 3.63) is 91.9 Å². The lowest BCUT2D eigenvalue weighted by Gasteiger charge is -2.18. The maximum atomic E-state index is 13.1. The van der Waals surface area contributed by atoms with Crippen molar-refractivity contribution in [1.82, 2.24) is 14.7 Å². The summed E-state index contributed by atoms with van der Waals surface area (Å²) < 4.78 is 40.5. The van der Waals surface area contributed by atoms with Crippen molar-refractivity contribution in [2.45, 2.75) is 13.1 Å². The number of benzene rings is 2. The van der Waals surface area contributed by atoms with E-state index in [9.17, 15) is 37.7 Å². The lowest BCUT2D eigenvalue weighted by atomic mass is 10.1. The number of nitrogens with one attached hydrogen (secondary N) is 1. The minimum Gasteiger partial charge on any atom is -0.331 e. The standard InChI is InChI=1S/C22H18F3N5O5/c1-13-11-18(31)20(27-29(13)16-9-5-6-10-17(16)30(34)35)21(33)28(2)12-19(32)26-15-8-4-3-7-14(15)22(23,24)25/h3-11H,12H2,1-2H3,(H,26,32). The molecule has 0 aliphatic heterocycles. The maximum absolute atomic E-state index is 13.1. The highest BCUT2D eigenvalue weighted by Crippen LogP contribution is 2.34. The van der Waals surface area contributed by atoms with Gasteiger partial charge in [0, 0.05) is 24.9 Å². The third-order valence-electron chi connectivity index (χ3n) is 4.85. The lowest BCUT2D eigenvalue weighted by Crippen LogP contribution is -2.38. The maximum Gasteiger partial charge on any atom is 0.418 e. The Morgan fingerprint density at radius 2 is 1.77 bits per heavy atom. The van der Waals surface area contributed by atoms with Crippen LogP contribution < -0.4 is 10.7 Å². The summed E-state index contributed by atoms with van der Waals surface area (Å²) in [7, 11) is 1.16. The zero-order chi connectivity index (χ0) is 25.9. The second kappa shape index (κ2) is 9.75. The van der Waals surface area contributed by atoms with Crippen LogP contribution in [0.2, 0.25) is 0 Å². The molecule has 0 radical (unpaired) electrons. The molecule has 182 valence electrons. The van der Waals surface area contributed by atoms with E-state index in [-0.39, 0.29) is 17.1 Å². The summed E-state index contributed by atoms with van der Waals surface area (Å²) in [6.07, 6.45) is -4.71. The molecule has 0 atom stereocenters. The van der Waals surface area contributed by atoms with E-state index in [2.05, 4.69) is 10.4 Å². The van der Waals surface area contributed by atoms with Crippen LogP contribution in [0.5, 0.6) is 0 Å². The van der Waals surface area contributed by atoms with Crippen LogP contribution in [0.15, 0.2) is 59.4 Å². The molecular weight excluding hydrogens is 471 g/mol. The molecule has 1 heterocycles. The van der Waals surface area contributed by atoms with E-state index in [0.717, 1.165) is 34.8 Å². The van der Waals surface area contributed by atoms with E-state index in [1.54, 1.807) is 0 Å². The monoisotopic (exact) mass is 489 g/mol. The molecule has 0 unspecified atom stereocenters. The van der Waals surface area contributed by atoms with Crippen LogP contribution in [-0.2, 0) is 11.0 Å². The molecule has 0 aliphatic rings. The SMILES string of the molecule is Cc1cc(=O)c(C(=O)N(C)CC(=O)Nc2ccccc2C(F)(F)F)nn1-c1ccccc1[N+](=O)[O-]. The van der Waals surface area contributed by atoms with E-state index in [4.69, 9.17) is 0 Å². The molecule has 0 aliphatic carbocycles. The Balaban J connectivity index is 1.87. The van der Waals surface area contributed by atoms with E-state index >= 15 is 0 Å². The highest BCUT2D eigenvalue weighted by atomic mass is 19.4. The minimum atomic E-state index is -4.71. The Labute approximate surface area is 195 Å². The van der Waals surface area contributed by atoms with Crippen molar-refractivity contribution in [3.63, 3.8) is 0 Å². The zero-order valence-electron chi connectivity index (χ0n) is 18.4. The number of nitro benzene ring substituents is 1. The summed E-state index contributed by atoms with van der Waals surface area (Å²) in [6, 6.07) is 11.0. The summed E-state index contributed by atoms with van der Waals surface area (Å²) in [5.41, 5.74) is -3.07. The highest BCUT2D eigenvalue weighted by Gasteiger charge is 2.33. The Morgan fingerprint density at radius 1 is 1.14 bits per heavy atom. The lowest BCUT2D eigenvalue weighted by molar-refractivity contribution is -0.384. The van der Waals surface area contributed by atoms with Crippen molar-refractivity contribution >= 4 is 23.2 Å². The number of likely N-dealkylation sites (N-methyl/N-ethyl adjacent to an activating group) is 1. The number of carbonyl (C=O) groups excluding carboxylic acids is 2. The van der Waals surface area contributed by atoms with Gasteiger partial charge in [0.25, 0.3) is 11.6 Å². The van der Waals surface area contributed by atoms with Gasteiger partial charge in [0.05, 0.1) is 22.7 Å². The van der Waals surface area contributed by atoms with Gasteiger partial charge in [0.15, 0.2) is 5.69 Å². The number of halogens is 3. The quantitative estimate of drug-likeness (QED) is 0.419. The summed E-state index contributed by atoms with van der Waals surface area (Å²) in [4.78, 5) is 49.1. The van der Waals surface area contributed by atoms with Crippen LogP contribution in [0.4, 0.5) is 24.5 Å². The average Bonchev–Trinajstić information content (AvgIpc) is 2.78. The molecule has 0 bridgehead atoms. The number of anilines is 1. The number of nitrogens with zero attached hydrogens (tertiary/aromatic N) is 4. The first kappa shape index (κ1) is 25.1. The molecule has 0 saturated heterocycles. The molecule has 0 spiro atoms. The van der Waals surface area contributed by atoms with E-state index in [0.29, 0.717) is 0 Å². The Kier molecular flexibility index (Phi) is 6.99. The molecule has 0 fully saturated rings. The Hall–Kier alpha value is -4.55. The smallest absolute Gasteiger partial charge is 0.331 e. The number of aromatic nitrogens is 2. The fraction of sp³-hybridized carbons (Fsp3) is 0.182. The number of nitro groups is 1. The van der Waals surface area contributed by atoms with Crippen molar-refractivity contribution in [3.8, 4) is 5.69 Å². The number of amides is 2. The third-order valence-corrected chi connectivity index (χ3v) is 4.85. The van der Waals surface area contributed by atoms with Gasteiger partial charge in [-0.15, -0.1) is 0 Å². The molecule has 10 nitrogen and oxygen atoms in total. The summed E-state index contributed by atoms with van der Waals surface area (Å²) in [5, 5.41) is 17.4. The fourth-order valence-corrected chi connectivity index (χ4v) is 3.23. The molecule has 2 amide bonds. The predicted octanol–water partition coefficient (Wildman–Crippen LogP) is 3.18. The van der Waals surface area contributed by atoms with Gasteiger partial charge in [0.2, 0.25) is 11.3 Å². The fourth-order valence-electron chi connectivity index (χ4n) is 3.23. The third kappa shape index (κ3) is 5.51. The number of alkyl halides is 3. The van der Waals surface area contributed by atoms with Gasteiger partial charge < -0.3 is 10.2 Å². The first-order valence-electron chi connectivity index (χ1n) is 9.96. The van der Waals surface area contributed by atoms with Crippen molar-refractivity contribution in [2.75, 3.05) is 18.9 Å². The minimum absolute atomic E-state index is 0.00760. The number of carbonyl (C=O) groups is 2. The molecule has 2 aromatic carbocycles. The number of para-hydroxylation sites is 3. The summed E-state index contributed by atoms with van der Waals surface area (Å²) in [5.74, 6) is -1.94. The topological polar surface area (TPSA) is 127 Å². The van der Waals surface area contributed by atoms with Gasteiger partial charge in [-0.25, -0.2) is 4.68 Å². The average molecular weight is 489 g/mol. The normalized spacial score (nSPS) is 11.1. The van der Waals surface area contributed by atoms with E-state index < -0.39 is 51.8 Å². The van der Waals surface area contributed by atoms with Gasteiger partial charge in [-0.2, -0.15) is 18.3 Å². The van der Waals surface area contributed by atoms with Gasteiger partial charge in [-0.3, -0.25) is 24.5 Å². The molecular formula is C22H18F3N5O5. The molecule has 0 saturated carbocycles. The Morgan fingerprint density at radius 3 is 2.43 bits per heavy atom. The second-order valence-corrected chi connectivity index (χ2v) is 7.41. The molecule has 35 heavy (non-hydrogen) atoms. The molecule has 13 heteroatoms.